The Morgan fingerprint density at radius 2 is 2.11 bits per heavy atom. The van der Waals surface area contributed by atoms with Gasteiger partial charge in [0.1, 0.15) is 6.10 Å². The molecule has 3 N–H and O–H groups in total. The van der Waals surface area contributed by atoms with Crippen molar-refractivity contribution in [2.24, 2.45) is 0 Å². The predicted octanol–water partition coefficient (Wildman–Crippen LogP) is 1.76. The summed E-state index contributed by atoms with van der Waals surface area (Å²) in [6.45, 7) is 3.76. The zero-order valence-electron chi connectivity index (χ0n) is 10.5. The molecule has 2 atom stereocenters. The predicted molar refractivity (Wildman–Crippen MR) is 69.0 cm³/mol. The number of para-hydroxylation sites is 1. The third-order valence-electron chi connectivity index (χ3n) is 3.17. The third-order valence-corrected chi connectivity index (χ3v) is 3.17. The minimum atomic E-state index is -1.80. The summed E-state index contributed by atoms with van der Waals surface area (Å²) >= 11 is 0. The maximum Gasteiger partial charge on any atom is 0.259 e. The van der Waals surface area contributed by atoms with Crippen LogP contribution in [0.2, 0.25) is 0 Å². The summed E-state index contributed by atoms with van der Waals surface area (Å²) in [5.41, 5.74) is 0.284. The second-order valence-corrected chi connectivity index (χ2v) is 4.85. The quantitative estimate of drug-likeness (QED) is 0.697. The summed E-state index contributed by atoms with van der Waals surface area (Å²) in [4.78, 5) is 12.0. The highest BCUT2D eigenvalue weighted by Gasteiger charge is 2.47. The number of carbonyl (C=O) groups excluding carboxylic acids is 1. The Bertz CT molecular complexity index is 506. The number of aliphatic hydroxyl groups is 2. The number of benzene rings is 1. The highest BCUT2D eigenvalue weighted by molar-refractivity contribution is 6.01. The van der Waals surface area contributed by atoms with Crippen molar-refractivity contribution in [3.63, 3.8) is 0 Å². The number of carbonyl (C=O) groups is 1. The van der Waals surface area contributed by atoms with Crippen molar-refractivity contribution in [2.45, 2.75) is 32.0 Å². The van der Waals surface area contributed by atoms with Crippen molar-refractivity contribution in [3.8, 4) is 0 Å². The zero-order chi connectivity index (χ0) is 13.3. The smallest absolute Gasteiger partial charge is 0.259 e. The summed E-state index contributed by atoms with van der Waals surface area (Å²) in [6.07, 6.45) is 0.631. The fraction of sp³-hybridized carbons (Fsp3) is 0.357. The van der Waals surface area contributed by atoms with Crippen LogP contribution >= 0.6 is 0 Å². The standard InChI is InChI=1S/C14H17NO3/c1-9(2)7-8-14(18)12(16)10-5-3-4-6-11(10)15-13(14)17/h3-7,12,16,18H,8H2,1-2H3,(H,15,17). The summed E-state index contributed by atoms with van der Waals surface area (Å²) in [5.74, 6) is -0.564. The lowest BCUT2D eigenvalue weighted by Crippen LogP contribution is -2.51. The van der Waals surface area contributed by atoms with Gasteiger partial charge in [0.2, 0.25) is 0 Å². The van der Waals surface area contributed by atoms with Crippen LogP contribution in [-0.4, -0.2) is 21.7 Å². The third kappa shape index (κ3) is 2.05. The van der Waals surface area contributed by atoms with Crippen molar-refractivity contribution in [3.05, 3.63) is 41.5 Å². The van der Waals surface area contributed by atoms with Gasteiger partial charge in [-0.3, -0.25) is 4.79 Å². The van der Waals surface area contributed by atoms with Crippen LogP contribution in [0.1, 0.15) is 31.9 Å². The Balaban J connectivity index is 2.39. The topological polar surface area (TPSA) is 69.6 Å². The van der Waals surface area contributed by atoms with Gasteiger partial charge >= 0.3 is 0 Å². The number of rotatable bonds is 2. The van der Waals surface area contributed by atoms with Crippen LogP contribution in [0.3, 0.4) is 0 Å². The molecule has 1 aromatic carbocycles. The van der Waals surface area contributed by atoms with E-state index in [2.05, 4.69) is 5.32 Å². The molecule has 96 valence electrons. The monoisotopic (exact) mass is 247 g/mol. The highest BCUT2D eigenvalue weighted by Crippen LogP contribution is 2.38. The fourth-order valence-electron chi connectivity index (χ4n) is 2.03. The van der Waals surface area contributed by atoms with Gasteiger partial charge in [-0.15, -0.1) is 0 Å². The number of hydrogen-bond acceptors (Lipinski definition) is 3. The molecule has 0 saturated carbocycles. The second-order valence-electron chi connectivity index (χ2n) is 4.85. The molecule has 2 unspecified atom stereocenters. The van der Waals surface area contributed by atoms with E-state index in [-0.39, 0.29) is 6.42 Å². The molecule has 1 aromatic rings. The molecular weight excluding hydrogens is 230 g/mol. The first kappa shape index (κ1) is 12.8. The van der Waals surface area contributed by atoms with Gasteiger partial charge in [0.15, 0.2) is 5.60 Å². The van der Waals surface area contributed by atoms with Crippen LogP contribution in [0.5, 0.6) is 0 Å². The summed E-state index contributed by atoms with van der Waals surface area (Å²) < 4.78 is 0. The van der Waals surface area contributed by atoms with Crippen LogP contribution in [-0.2, 0) is 4.79 Å². The van der Waals surface area contributed by atoms with Gasteiger partial charge in [-0.2, -0.15) is 0 Å². The van der Waals surface area contributed by atoms with E-state index >= 15 is 0 Å². The Morgan fingerprint density at radius 1 is 1.44 bits per heavy atom. The number of nitrogens with one attached hydrogen (secondary N) is 1. The lowest BCUT2D eigenvalue weighted by atomic mass is 9.83. The van der Waals surface area contributed by atoms with E-state index in [0.717, 1.165) is 5.57 Å². The summed E-state index contributed by atoms with van der Waals surface area (Å²) in [6, 6.07) is 6.94. The number of hydrogen-bond donors (Lipinski definition) is 3. The Morgan fingerprint density at radius 3 is 2.78 bits per heavy atom. The van der Waals surface area contributed by atoms with E-state index in [9.17, 15) is 15.0 Å². The molecule has 1 aliphatic heterocycles. The maximum absolute atomic E-state index is 12.0. The lowest BCUT2D eigenvalue weighted by Gasteiger charge is -2.36. The van der Waals surface area contributed by atoms with E-state index in [4.69, 9.17) is 0 Å². The van der Waals surface area contributed by atoms with Gasteiger partial charge < -0.3 is 15.5 Å². The Labute approximate surface area is 106 Å². The molecule has 1 aliphatic rings. The van der Waals surface area contributed by atoms with E-state index < -0.39 is 17.6 Å². The molecular formula is C14H17NO3. The molecule has 18 heavy (non-hydrogen) atoms. The van der Waals surface area contributed by atoms with E-state index in [1.165, 1.54) is 0 Å². The van der Waals surface area contributed by atoms with Crippen LogP contribution in [0.4, 0.5) is 5.69 Å². The van der Waals surface area contributed by atoms with Gasteiger partial charge in [-0.1, -0.05) is 29.8 Å². The minimum Gasteiger partial charge on any atom is -0.385 e. The molecule has 0 fully saturated rings. The lowest BCUT2D eigenvalue weighted by molar-refractivity contribution is -0.148. The van der Waals surface area contributed by atoms with Crippen LogP contribution < -0.4 is 5.32 Å². The number of allylic oxidation sites excluding steroid dienone is 1. The summed E-state index contributed by atoms with van der Waals surface area (Å²) in [7, 11) is 0. The highest BCUT2D eigenvalue weighted by atomic mass is 16.4. The largest absolute Gasteiger partial charge is 0.385 e. The number of anilines is 1. The van der Waals surface area contributed by atoms with Gasteiger partial charge in [0.05, 0.1) is 0 Å². The molecule has 1 heterocycles. The molecule has 4 nitrogen and oxygen atoms in total. The summed E-state index contributed by atoms with van der Waals surface area (Å²) in [5, 5.41) is 23.2. The number of aliphatic hydroxyl groups excluding tert-OH is 1. The fourth-order valence-corrected chi connectivity index (χ4v) is 2.03. The molecule has 2 rings (SSSR count). The zero-order valence-corrected chi connectivity index (χ0v) is 10.5. The minimum absolute atomic E-state index is 0.0939. The van der Waals surface area contributed by atoms with Gasteiger partial charge in [-0.25, -0.2) is 0 Å². The van der Waals surface area contributed by atoms with Gasteiger partial charge in [0, 0.05) is 17.7 Å². The molecule has 0 bridgehead atoms. The second kappa shape index (κ2) is 4.55. The van der Waals surface area contributed by atoms with Gasteiger partial charge in [-0.05, 0) is 19.9 Å². The Hall–Kier alpha value is -1.65. The number of amides is 1. The first-order valence-corrected chi connectivity index (χ1v) is 5.89. The normalized spacial score (nSPS) is 26.2. The molecule has 4 heteroatoms. The first-order chi connectivity index (χ1) is 8.45. The van der Waals surface area contributed by atoms with Crippen LogP contribution in [0.15, 0.2) is 35.9 Å². The van der Waals surface area contributed by atoms with E-state index in [1.54, 1.807) is 30.3 Å². The molecule has 0 saturated heterocycles. The average molecular weight is 247 g/mol. The van der Waals surface area contributed by atoms with E-state index in [1.807, 2.05) is 13.8 Å². The molecule has 0 spiro atoms. The molecule has 0 aromatic heterocycles. The molecule has 0 aliphatic carbocycles. The van der Waals surface area contributed by atoms with Gasteiger partial charge in [0.25, 0.3) is 5.91 Å². The average Bonchev–Trinajstić information content (AvgIpc) is 2.34. The molecule has 1 amide bonds. The first-order valence-electron chi connectivity index (χ1n) is 5.89. The van der Waals surface area contributed by atoms with Crippen molar-refractivity contribution in [2.75, 3.05) is 5.32 Å². The van der Waals surface area contributed by atoms with Crippen molar-refractivity contribution in [1.29, 1.82) is 0 Å². The van der Waals surface area contributed by atoms with Crippen molar-refractivity contribution in [1.82, 2.24) is 0 Å². The Kier molecular flexibility index (Phi) is 3.24. The van der Waals surface area contributed by atoms with Crippen molar-refractivity contribution < 1.29 is 15.0 Å². The molecule has 0 radical (unpaired) electrons. The van der Waals surface area contributed by atoms with E-state index in [0.29, 0.717) is 11.3 Å². The SMILES string of the molecule is CC(C)=CCC1(O)C(=O)Nc2ccccc2C1O. The number of fused-ring (bicyclic) bond motifs is 1. The maximum atomic E-state index is 12.0. The van der Waals surface area contributed by atoms with Crippen LogP contribution in [0, 0.1) is 0 Å². The van der Waals surface area contributed by atoms with Crippen molar-refractivity contribution >= 4 is 11.6 Å². The van der Waals surface area contributed by atoms with Crippen LogP contribution in [0.25, 0.3) is 0 Å².